The van der Waals surface area contributed by atoms with Gasteiger partial charge in [0.2, 0.25) is 0 Å². The smallest absolute Gasteiger partial charge is 0.0444 e. The van der Waals surface area contributed by atoms with Gasteiger partial charge in [-0.25, -0.2) is 0 Å². The highest BCUT2D eigenvalue weighted by Crippen LogP contribution is 2.26. The topological polar surface area (TPSA) is 0 Å². The van der Waals surface area contributed by atoms with E-state index in [2.05, 4.69) is 0 Å². The molecular weight excluding hydrogens is 179 g/mol. The van der Waals surface area contributed by atoms with E-state index in [9.17, 15) is 0 Å². The first-order chi connectivity index (χ1) is 5.11. The standard InChI is InChI=1S/C9H9Cl2/c1-6(2)8-5-7(10)3-4-9(8)11/h3-5H,1-2H3. The third-order valence-corrected chi connectivity index (χ3v) is 2.03. The van der Waals surface area contributed by atoms with Gasteiger partial charge in [0, 0.05) is 16.0 Å². The molecule has 0 amide bonds. The van der Waals surface area contributed by atoms with Crippen LogP contribution in [0.15, 0.2) is 18.2 Å². The van der Waals surface area contributed by atoms with E-state index in [0.29, 0.717) is 0 Å². The maximum absolute atomic E-state index is 5.91. The van der Waals surface area contributed by atoms with Crippen molar-refractivity contribution in [1.29, 1.82) is 0 Å². The van der Waals surface area contributed by atoms with Gasteiger partial charge in [-0.1, -0.05) is 37.0 Å². The summed E-state index contributed by atoms with van der Waals surface area (Å²) in [4.78, 5) is 0. The van der Waals surface area contributed by atoms with Crippen LogP contribution in [0.1, 0.15) is 19.4 Å². The first kappa shape index (κ1) is 8.89. The van der Waals surface area contributed by atoms with Gasteiger partial charge in [-0.3, -0.25) is 0 Å². The summed E-state index contributed by atoms with van der Waals surface area (Å²) in [5.41, 5.74) is 1.03. The van der Waals surface area contributed by atoms with Gasteiger partial charge in [0.05, 0.1) is 0 Å². The van der Waals surface area contributed by atoms with Gasteiger partial charge >= 0.3 is 0 Å². The highest BCUT2D eigenvalue weighted by molar-refractivity contribution is 6.33. The zero-order chi connectivity index (χ0) is 8.43. The van der Waals surface area contributed by atoms with Crippen molar-refractivity contribution in [2.75, 3.05) is 0 Å². The summed E-state index contributed by atoms with van der Waals surface area (Å²) in [5.74, 6) is 1.18. The van der Waals surface area contributed by atoms with Gasteiger partial charge in [0.1, 0.15) is 0 Å². The molecule has 0 aliphatic carbocycles. The predicted molar refractivity (Wildman–Crippen MR) is 50.2 cm³/mol. The molecule has 11 heavy (non-hydrogen) atoms. The SMILES string of the molecule is C[C](C)c1cc(Cl)ccc1Cl. The Labute approximate surface area is 77.1 Å². The Morgan fingerprint density at radius 3 is 2.27 bits per heavy atom. The largest absolute Gasteiger partial charge is 0.0843 e. The fourth-order valence-electron chi connectivity index (χ4n) is 0.881. The van der Waals surface area contributed by atoms with Gasteiger partial charge in [-0.15, -0.1) is 0 Å². The maximum Gasteiger partial charge on any atom is 0.0444 e. The molecule has 0 saturated carbocycles. The molecule has 0 aromatic heterocycles. The molecule has 0 bridgehead atoms. The molecule has 0 atom stereocenters. The Morgan fingerprint density at radius 1 is 1.18 bits per heavy atom. The molecule has 0 aliphatic heterocycles. The summed E-state index contributed by atoms with van der Waals surface area (Å²) < 4.78 is 0. The van der Waals surface area contributed by atoms with E-state index in [1.807, 2.05) is 26.0 Å². The summed E-state index contributed by atoms with van der Waals surface area (Å²) in [6, 6.07) is 5.47. The molecule has 0 heterocycles. The predicted octanol–water partition coefficient (Wildman–Crippen LogP) is 3.96. The molecule has 1 aromatic carbocycles. The van der Waals surface area contributed by atoms with Gasteiger partial charge in [0.25, 0.3) is 0 Å². The van der Waals surface area contributed by atoms with Crippen molar-refractivity contribution in [3.8, 4) is 0 Å². The van der Waals surface area contributed by atoms with Crippen molar-refractivity contribution >= 4 is 23.2 Å². The summed E-state index contributed by atoms with van der Waals surface area (Å²) >= 11 is 11.7. The van der Waals surface area contributed by atoms with Crippen LogP contribution < -0.4 is 0 Å². The van der Waals surface area contributed by atoms with E-state index in [-0.39, 0.29) is 0 Å². The molecule has 0 unspecified atom stereocenters. The van der Waals surface area contributed by atoms with Crippen molar-refractivity contribution in [2.45, 2.75) is 13.8 Å². The summed E-state index contributed by atoms with van der Waals surface area (Å²) in [7, 11) is 0. The monoisotopic (exact) mass is 187 g/mol. The number of hydrogen-bond donors (Lipinski definition) is 0. The van der Waals surface area contributed by atoms with Crippen molar-refractivity contribution in [2.24, 2.45) is 0 Å². The fraction of sp³-hybridized carbons (Fsp3) is 0.222. The second kappa shape index (κ2) is 3.46. The highest BCUT2D eigenvalue weighted by atomic mass is 35.5. The molecule has 1 rings (SSSR count). The molecule has 0 aliphatic rings. The lowest BCUT2D eigenvalue weighted by Gasteiger charge is -2.06. The lowest BCUT2D eigenvalue weighted by molar-refractivity contribution is 1.15. The summed E-state index contributed by atoms with van der Waals surface area (Å²) in [6.07, 6.45) is 0. The number of benzene rings is 1. The Hall–Kier alpha value is -0.200. The van der Waals surface area contributed by atoms with E-state index in [0.717, 1.165) is 15.6 Å². The summed E-state index contributed by atoms with van der Waals surface area (Å²) in [5, 5.41) is 1.49. The second-order valence-corrected chi connectivity index (χ2v) is 3.47. The second-order valence-electron chi connectivity index (χ2n) is 2.62. The molecule has 1 radical (unpaired) electrons. The van der Waals surface area contributed by atoms with Crippen LogP contribution in [-0.2, 0) is 0 Å². The molecule has 0 nitrogen and oxygen atoms in total. The van der Waals surface area contributed by atoms with Crippen LogP contribution in [0.5, 0.6) is 0 Å². The van der Waals surface area contributed by atoms with Crippen LogP contribution in [0.2, 0.25) is 10.0 Å². The highest BCUT2D eigenvalue weighted by Gasteiger charge is 2.04. The minimum Gasteiger partial charge on any atom is -0.0843 e. The molecular formula is C9H9Cl2. The van der Waals surface area contributed by atoms with Gasteiger partial charge in [-0.05, 0) is 23.8 Å². The zero-order valence-electron chi connectivity index (χ0n) is 6.49. The van der Waals surface area contributed by atoms with Crippen LogP contribution in [-0.4, -0.2) is 0 Å². The molecule has 0 N–H and O–H groups in total. The minimum atomic E-state index is 0.727. The number of hydrogen-bond acceptors (Lipinski definition) is 0. The average molecular weight is 188 g/mol. The molecule has 1 aromatic rings. The van der Waals surface area contributed by atoms with Crippen molar-refractivity contribution < 1.29 is 0 Å². The van der Waals surface area contributed by atoms with Gasteiger partial charge in [0.15, 0.2) is 0 Å². The van der Waals surface area contributed by atoms with Crippen LogP contribution in [0.25, 0.3) is 0 Å². The van der Waals surface area contributed by atoms with E-state index >= 15 is 0 Å². The van der Waals surface area contributed by atoms with E-state index < -0.39 is 0 Å². The molecule has 2 heteroatoms. The summed E-state index contributed by atoms with van der Waals surface area (Å²) in [6.45, 7) is 4.02. The van der Waals surface area contributed by atoms with Crippen LogP contribution in [0.3, 0.4) is 0 Å². The fourth-order valence-corrected chi connectivity index (χ4v) is 1.36. The van der Waals surface area contributed by atoms with E-state index in [4.69, 9.17) is 23.2 Å². The number of halogens is 2. The third-order valence-electron chi connectivity index (χ3n) is 1.47. The van der Waals surface area contributed by atoms with E-state index in [1.165, 1.54) is 5.92 Å². The number of rotatable bonds is 1. The average Bonchev–Trinajstić information content (AvgIpc) is 1.94. The first-order valence-corrected chi connectivity index (χ1v) is 4.12. The zero-order valence-corrected chi connectivity index (χ0v) is 8.00. The van der Waals surface area contributed by atoms with Crippen LogP contribution >= 0.6 is 23.2 Å². The molecule has 0 saturated heterocycles. The minimum absolute atomic E-state index is 0.727. The van der Waals surface area contributed by atoms with Gasteiger partial charge < -0.3 is 0 Å². The van der Waals surface area contributed by atoms with Crippen molar-refractivity contribution in [3.63, 3.8) is 0 Å². The lowest BCUT2D eigenvalue weighted by Crippen LogP contribution is -1.88. The first-order valence-electron chi connectivity index (χ1n) is 3.37. The molecule has 59 valence electrons. The van der Waals surface area contributed by atoms with E-state index in [1.54, 1.807) is 6.07 Å². The van der Waals surface area contributed by atoms with Crippen LogP contribution in [0, 0.1) is 5.92 Å². The quantitative estimate of drug-likeness (QED) is 0.625. The third kappa shape index (κ3) is 2.11. The Morgan fingerprint density at radius 2 is 1.82 bits per heavy atom. The molecule has 0 fully saturated rings. The Kier molecular flexibility index (Phi) is 2.80. The lowest BCUT2D eigenvalue weighted by atomic mass is 10.0. The van der Waals surface area contributed by atoms with Crippen molar-refractivity contribution in [1.82, 2.24) is 0 Å². The maximum atomic E-state index is 5.91. The van der Waals surface area contributed by atoms with Gasteiger partial charge in [-0.2, -0.15) is 0 Å². The van der Waals surface area contributed by atoms with Crippen LogP contribution in [0.4, 0.5) is 0 Å². The molecule has 0 spiro atoms. The normalized spacial score (nSPS) is 10.6. The Balaban J connectivity index is 3.13. The Bertz CT molecular complexity index is 254. The van der Waals surface area contributed by atoms with Crippen molar-refractivity contribution in [3.05, 3.63) is 39.7 Å².